The van der Waals surface area contributed by atoms with E-state index in [0.29, 0.717) is 13.2 Å². The molecule has 0 saturated carbocycles. The molecule has 22 heavy (non-hydrogen) atoms. The van der Waals surface area contributed by atoms with Crippen molar-refractivity contribution in [3.8, 4) is 11.5 Å². The Morgan fingerprint density at radius 3 is 2.73 bits per heavy atom. The van der Waals surface area contributed by atoms with Crippen molar-refractivity contribution in [2.75, 3.05) is 7.11 Å². The Balaban J connectivity index is 1.75. The highest BCUT2D eigenvalue weighted by Gasteiger charge is 2.08. The molecule has 0 aliphatic heterocycles. The number of rotatable bonds is 6. The molecule has 5 nitrogen and oxygen atoms in total. The zero-order valence-electron chi connectivity index (χ0n) is 12.3. The molecule has 3 aromatic rings. The van der Waals surface area contributed by atoms with Crippen molar-refractivity contribution in [2.24, 2.45) is 0 Å². The molecule has 0 bridgehead atoms. The van der Waals surface area contributed by atoms with Crippen LogP contribution in [-0.2, 0) is 13.2 Å². The van der Waals surface area contributed by atoms with Gasteiger partial charge in [0.05, 0.1) is 20.0 Å². The van der Waals surface area contributed by atoms with Gasteiger partial charge in [-0.15, -0.1) is 0 Å². The molecule has 2 aromatic heterocycles. The highest BCUT2D eigenvalue weighted by atomic mass is 16.5. The molecule has 2 heterocycles. The number of hydrogen-bond acceptors (Lipinski definition) is 4. The lowest BCUT2D eigenvalue weighted by molar-refractivity contribution is 0.291. The third kappa shape index (κ3) is 3.25. The maximum Gasteiger partial charge on any atom is 0.143 e. The van der Waals surface area contributed by atoms with E-state index in [-0.39, 0.29) is 0 Å². The third-order valence-electron chi connectivity index (χ3n) is 3.32. The highest BCUT2D eigenvalue weighted by molar-refractivity contribution is 5.34. The van der Waals surface area contributed by atoms with Crippen molar-refractivity contribution in [3.05, 3.63) is 72.6 Å². The fourth-order valence-corrected chi connectivity index (χ4v) is 2.20. The maximum absolute atomic E-state index is 5.94. The van der Waals surface area contributed by atoms with Gasteiger partial charge >= 0.3 is 0 Å². The Morgan fingerprint density at radius 1 is 1.05 bits per heavy atom. The van der Waals surface area contributed by atoms with Crippen LogP contribution in [0.2, 0.25) is 0 Å². The highest BCUT2D eigenvalue weighted by Crippen LogP contribution is 2.22. The van der Waals surface area contributed by atoms with Crippen LogP contribution in [0.4, 0.5) is 0 Å². The number of ether oxygens (including phenoxy) is 2. The second-order valence-corrected chi connectivity index (χ2v) is 4.78. The molecule has 0 N–H and O–H groups in total. The lowest BCUT2D eigenvalue weighted by Gasteiger charge is -2.12. The first-order valence-corrected chi connectivity index (χ1v) is 7.01. The number of nitrogens with zero attached hydrogens (tertiary/aromatic N) is 3. The Hall–Kier alpha value is -2.82. The van der Waals surface area contributed by atoms with Crippen molar-refractivity contribution in [1.82, 2.24) is 14.5 Å². The van der Waals surface area contributed by atoms with E-state index in [1.807, 2.05) is 47.2 Å². The topological polar surface area (TPSA) is 49.2 Å². The van der Waals surface area contributed by atoms with Crippen molar-refractivity contribution in [2.45, 2.75) is 13.2 Å². The van der Waals surface area contributed by atoms with Crippen LogP contribution in [0.3, 0.4) is 0 Å². The van der Waals surface area contributed by atoms with E-state index in [4.69, 9.17) is 9.47 Å². The van der Waals surface area contributed by atoms with Gasteiger partial charge < -0.3 is 14.0 Å². The van der Waals surface area contributed by atoms with Gasteiger partial charge in [-0.3, -0.25) is 4.98 Å². The summed E-state index contributed by atoms with van der Waals surface area (Å²) in [7, 11) is 1.66. The first kappa shape index (κ1) is 14.1. The standard InChI is InChI=1S/C17H17N3O2/c1-21-16-6-3-2-5-14(16)12-22-17-7-4-8-19-15(17)11-20-10-9-18-13-20/h2-10,13H,11-12H2,1H3. The molecule has 112 valence electrons. The summed E-state index contributed by atoms with van der Waals surface area (Å²) in [6, 6.07) is 11.6. The molecule has 0 radical (unpaired) electrons. The maximum atomic E-state index is 5.94. The molecule has 0 amide bonds. The van der Waals surface area contributed by atoms with Gasteiger partial charge in [-0.1, -0.05) is 18.2 Å². The molecule has 0 atom stereocenters. The quantitative estimate of drug-likeness (QED) is 0.701. The molecular formula is C17H17N3O2. The summed E-state index contributed by atoms with van der Waals surface area (Å²) in [4.78, 5) is 8.45. The van der Waals surface area contributed by atoms with Gasteiger partial charge in [0.1, 0.15) is 23.8 Å². The lowest BCUT2D eigenvalue weighted by Crippen LogP contribution is -2.05. The molecule has 0 spiro atoms. The average Bonchev–Trinajstić information content (AvgIpc) is 3.07. The van der Waals surface area contributed by atoms with E-state index in [1.54, 1.807) is 25.8 Å². The second-order valence-electron chi connectivity index (χ2n) is 4.78. The first-order chi connectivity index (χ1) is 10.9. The zero-order chi connectivity index (χ0) is 15.2. The molecule has 0 fully saturated rings. The zero-order valence-corrected chi connectivity index (χ0v) is 12.3. The Morgan fingerprint density at radius 2 is 1.91 bits per heavy atom. The second kappa shape index (κ2) is 6.76. The normalized spacial score (nSPS) is 10.4. The molecule has 0 aliphatic carbocycles. The van der Waals surface area contributed by atoms with Gasteiger partial charge in [-0.25, -0.2) is 4.98 Å². The SMILES string of the molecule is COc1ccccc1COc1cccnc1Cn1ccnc1. The Bertz CT molecular complexity index is 726. The third-order valence-corrected chi connectivity index (χ3v) is 3.32. The van der Waals surface area contributed by atoms with E-state index in [0.717, 1.165) is 22.8 Å². The number of aromatic nitrogens is 3. The van der Waals surface area contributed by atoms with Crippen LogP contribution in [0, 0.1) is 0 Å². The van der Waals surface area contributed by atoms with Gasteiger partial charge in [0.2, 0.25) is 0 Å². The van der Waals surface area contributed by atoms with Crippen LogP contribution in [0.15, 0.2) is 61.3 Å². The molecule has 0 unspecified atom stereocenters. The molecule has 0 aliphatic rings. The fourth-order valence-electron chi connectivity index (χ4n) is 2.20. The molecular weight excluding hydrogens is 278 g/mol. The van der Waals surface area contributed by atoms with Gasteiger partial charge in [0, 0.05) is 24.2 Å². The van der Waals surface area contributed by atoms with Gasteiger partial charge in [0.25, 0.3) is 0 Å². The number of imidazole rings is 1. The summed E-state index contributed by atoms with van der Waals surface area (Å²) < 4.78 is 13.2. The molecule has 5 heteroatoms. The van der Waals surface area contributed by atoms with Crippen LogP contribution in [-0.4, -0.2) is 21.6 Å². The largest absolute Gasteiger partial charge is 0.496 e. The predicted molar refractivity (Wildman–Crippen MR) is 82.9 cm³/mol. The monoisotopic (exact) mass is 295 g/mol. The Labute approximate surface area is 129 Å². The summed E-state index contributed by atoms with van der Waals surface area (Å²) in [6.45, 7) is 1.06. The van der Waals surface area contributed by atoms with Gasteiger partial charge in [0.15, 0.2) is 0 Å². The first-order valence-electron chi connectivity index (χ1n) is 7.01. The summed E-state index contributed by atoms with van der Waals surface area (Å²) in [5.41, 5.74) is 1.87. The summed E-state index contributed by atoms with van der Waals surface area (Å²) >= 11 is 0. The van der Waals surface area contributed by atoms with E-state index in [1.165, 1.54) is 0 Å². The predicted octanol–water partition coefficient (Wildman–Crippen LogP) is 2.91. The van der Waals surface area contributed by atoms with E-state index in [9.17, 15) is 0 Å². The number of para-hydroxylation sites is 1. The van der Waals surface area contributed by atoms with Crippen LogP contribution in [0.5, 0.6) is 11.5 Å². The van der Waals surface area contributed by atoms with Crippen LogP contribution >= 0.6 is 0 Å². The minimum Gasteiger partial charge on any atom is -0.496 e. The molecule has 1 aromatic carbocycles. The van der Waals surface area contributed by atoms with Crippen LogP contribution < -0.4 is 9.47 Å². The summed E-state index contributed by atoms with van der Waals surface area (Å²) in [5.74, 6) is 1.59. The average molecular weight is 295 g/mol. The number of methoxy groups -OCH3 is 1. The number of pyridine rings is 1. The minimum atomic E-state index is 0.437. The molecule has 0 saturated heterocycles. The van der Waals surface area contributed by atoms with Gasteiger partial charge in [-0.05, 0) is 18.2 Å². The lowest BCUT2D eigenvalue weighted by atomic mass is 10.2. The number of benzene rings is 1. The van der Waals surface area contributed by atoms with E-state index >= 15 is 0 Å². The van der Waals surface area contributed by atoms with Gasteiger partial charge in [-0.2, -0.15) is 0 Å². The Kier molecular flexibility index (Phi) is 4.34. The van der Waals surface area contributed by atoms with Crippen molar-refractivity contribution >= 4 is 0 Å². The fraction of sp³-hybridized carbons (Fsp3) is 0.176. The van der Waals surface area contributed by atoms with Crippen molar-refractivity contribution in [3.63, 3.8) is 0 Å². The van der Waals surface area contributed by atoms with Crippen LogP contribution in [0.25, 0.3) is 0 Å². The van der Waals surface area contributed by atoms with Crippen LogP contribution in [0.1, 0.15) is 11.3 Å². The number of hydrogen-bond donors (Lipinski definition) is 0. The minimum absolute atomic E-state index is 0.437. The smallest absolute Gasteiger partial charge is 0.143 e. The van der Waals surface area contributed by atoms with Crippen molar-refractivity contribution < 1.29 is 9.47 Å². The molecule has 3 rings (SSSR count). The van der Waals surface area contributed by atoms with E-state index < -0.39 is 0 Å². The summed E-state index contributed by atoms with van der Waals surface area (Å²) in [5, 5.41) is 0. The summed E-state index contributed by atoms with van der Waals surface area (Å²) in [6.07, 6.45) is 7.18. The van der Waals surface area contributed by atoms with E-state index in [2.05, 4.69) is 9.97 Å². The van der Waals surface area contributed by atoms with Crippen molar-refractivity contribution in [1.29, 1.82) is 0 Å².